The summed E-state index contributed by atoms with van der Waals surface area (Å²) >= 11 is 0. The first-order valence-corrected chi connectivity index (χ1v) is 7.24. The number of carbonyl (C=O) groups excluding carboxylic acids is 1. The molecule has 0 spiro atoms. The van der Waals surface area contributed by atoms with Crippen molar-refractivity contribution in [2.24, 2.45) is 0 Å². The third-order valence-electron chi connectivity index (χ3n) is 2.58. The predicted molar refractivity (Wildman–Crippen MR) is 72.0 cm³/mol. The maximum absolute atomic E-state index is 11.7. The SMILES string of the molecule is CCOC(=O)c1n[nH]nc1-c1ccc(S(=O)(=O)O)c(N)c1. The number of hydrogen-bond donors (Lipinski definition) is 3. The monoisotopic (exact) mass is 312 g/mol. The van der Waals surface area contributed by atoms with Crippen LogP contribution < -0.4 is 5.73 Å². The highest BCUT2D eigenvalue weighted by Crippen LogP contribution is 2.26. The van der Waals surface area contributed by atoms with E-state index in [4.69, 9.17) is 15.0 Å². The Hall–Kier alpha value is -2.46. The van der Waals surface area contributed by atoms with Gasteiger partial charge < -0.3 is 10.5 Å². The summed E-state index contributed by atoms with van der Waals surface area (Å²) < 4.78 is 36.0. The van der Waals surface area contributed by atoms with Gasteiger partial charge in [0.05, 0.1) is 12.3 Å². The number of nitrogens with two attached hydrogens (primary N) is 1. The number of aromatic nitrogens is 3. The van der Waals surface area contributed by atoms with Crippen molar-refractivity contribution in [1.82, 2.24) is 15.4 Å². The second-order valence-corrected chi connectivity index (χ2v) is 5.36. The third-order valence-corrected chi connectivity index (χ3v) is 3.51. The molecular weight excluding hydrogens is 300 g/mol. The highest BCUT2D eigenvalue weighted by Gasteiger charge is 2.21. The smallest absolute Gasteiger partial charge is 0.361 e. The maximum Gasteiger partial charge on any atom is 0.361 e. The largest absolute Gasteiger partial charge is 0.461 e. The number of rotatable bonds is 4. The summed E-state index contributed by atoms with van der Waals surface area (Å²) in [6.45, 7) is 1.82. The molecular formula is C11H12N4O5S. The average Bonchev–Trinajstić information content (AvgIpc) is 2.86. The van der Waals surface area contributed by atoms with E-state index in [2.05, 4.69) is 15.4 Å². The number of benzene rings is 1. The highest BCUT2D eigenvalue weighted by atomic mass is 32.2. The molecule has 0 aliphatic carbocycles. The second kappa shape index (κ2) is 5.50. The van der Waals surface area contributed by atoms with E-state index in [1.165, 1.54) is 12.1 Å². The van der Waals surface area contributed by atoms with E-state index in [0.717, 1.165) is 6.07 Å². The fourth-order valence-corrected chi connectivity index (χ4v) is 2.30. The predicted octanol–water partition coefficient (Wildman–Crippen LogP) is 0.477. The second-order valence-electron chi connectivity index (χ2n) is 3.97. The fraction of sp³-hybridized carbons (Fsp3) is 0.182. The van der Waals surface area contributed by atoms with Crippen LogP contribution in [0.15, 0.2) is 23.1 Å². The summed E-state index contributed by atoms with van der Waals surface area (Å²) in [5.41, 5.74) is 5.89. The minimum absolute atomic E-state index is 0.0455. The van der Waals surface area contributed by atoms with Crippen LogP contribution in [0.3, 0.4) is 0 Å². The molecule has 1 aromatic carbocycles. The Balaban J connectivity index is 2.48. The first kappa shape index (κ1) is 14.9. The van der Waals surface area contributed by atoms with Crippen LogP contribution in [0.5, 0.6) is 0 Å². The first-order chi connectivity index (χ1) is 9.84. The molecule has 2 rings (SSSR count). The van der Waals surface area contributed by atoms with Gasteiger partial charge >= 0.3 is 5.97 Å². The normalized spacial score (nSPS) is 11.3. The van der Waals surface area contributed by atoms with Crippen molar-refractivity contribution in [2.75, 3.05) is 12.3 Å². The van der Waals surface area contributed by atoms with E-state index in [0.29, 0.717) is 5.56 Å². The lowest BCUT2D eigenvalue weighted by atomic mass is 10.1. The standard InChI is InChI=1S/C11H12N4O5S/c1-2-20-11(16)10-9(13-15-14-10)6-3-4-8(7(12)5-6)21(17,18)19/h3-5H,2,12H2,1H3,(H,13,14,15)(H,17,18,19). The van der Waals surface area contributed by atoms with E-state index >= 15 is 0 Å². The molecule has 1 heterocycles. The van der Waals surface area contributed by atoms with E-state index in [-0.39, 0.29) is 23.7 Å². The summed E-state index contributed by atoms with van der Waals surface area (Å²) in [6, 6.07) is 3.73. The van der Waals surface area contributed by atoms with Gasteiger partial charge in [-0.3, -0.25) is 4.55 Å². The zero-order chi connectivity index (χ0) is 15.6. The molecule has 0 saturated heterocycles. The van der Waals surface area contributed by atoms with Crippen LogP contribution in [0.25, 0.3) is 11.3 Å². The van der Waals surface area contributed by atoms with Crippen LogP contribution in [-0.2, 0) is 14.9 Å². The Kier molecular flexibility index (Phi) is 3.91. The van der Waals surface area contributed by atoms with Crippen LogP contribution in [0.2, 0.25) is 0 Å². The van der Waals surface area contributed by atoms with Crippen molar-refractivity contribution in [2.45, 2.75) is 11.8 Å². The molecule has 10 heteroatoms. The molecule has 21 heavy (non-hydrogen) atoms. The molecule has 4 N–H and O–H groups in total. The number of H-pyrrole nitrogens is 1. The van der Waals surface area contributed by atoms with Crippen molar-refractivity contribution >= 4 is 21.8 Å². The molecule has 0 radical (unpaired) electrons. The summed E-state index contributed by atoms with van der Waals surface area (Å²) in [5, 5.41) is 9.80. The van der Waals surface area contributed by atoms with Gasteiger partial charge in [-0.15, -0.1) is 5.10 Å². The Morgan fingerprint density at radius 1 is 1.43 bits per heavy atom. The van der Waals surface area contributed by atoms with Gasteiger partial charge in [0.2, 0.25) is 0 Å². The number of aromatic amines is 1. The molecule has 2 aromatic rings. The van der Waals surface area contributed by atoms with Crippen molar-refractivity contribution in [3.8, 4) is 11.3 Å². The number of anilines is 1. The van der Waals surface area contributed by atoms with Crippen molar-refractivity contribution in [1.29, 1.82) is 0 Å². The lowest BCUT2D eigenvalue weighted by molar-refractivity contribution is 0.0520. The number of esters is 1. The summed E-state index contributed by atoms with van der Waals surface area (Å²) in [6.07, 6.45) is 0. The Morgan fingerprint density at radius 2 is 2.14 bits per heavy atom. The van der Waals surface area contributed by atoms with E-state index < -0.39 is 21.0 Å². The van der Waals surface area contributed by atoms with E-state index in [9.17, 15) is 13.2 Å². The average molecular weight is 312 g/mol. The molecule has 9 nitrogen and oxygen atoms in total. The van der Waals surface area contributed by atoms with Crippen molar-refractivity contribution in [3.05, 3.63) is 23.9 Å². The number of nitrogens with one attached hydrogen (secondary N) is 1. The van der Waals surface area contributed by atoms with E-state index in [1.807, 2.05) is 0 Å². The van der Waals surface area contributed by atoms with Crippen LogP contribution in [0, 0.1) is 0 Å². The van der Waals surface area contributed by atoms with Crippen LogP contribution in [0.4, 0.5) is 5.69 Å². The number of nitrogen functional groups attached to an aromatic ring is 1. The molecule has 0 unspecified atom stereocenters. The quantitative estimate of drug-likeness (QED) is 0.419. The molecule has 0 amide bonds. The molecule has 0 aliphatic heterocycles. The topological polar surface area (TPSA) is 148 Å². The zero-order valence-electron chi connectivity index (χ0n) is 10.9. The maximum atomic E-state index is 11.7. The van der Waals surface area contributed by atoms with Gasteiger partial charge in [0.1, 0.15) is 10.6 Å². The summed E-state index contributed by atoms with van der Waals surface area (Å²) in [5.74, 6) is -0.668. The molecule has 0 aliphatic rings. The summed E-state index contributed by atoms with van der Waals surface area (Å²) in [4.78, 5) is 11.3. The lowest BCUT2D eigenvalue weighted by Gasteiger charge is -2.05. The molecule has 0 saturated carbocycles. The highest BCUT2D eigenvalue weighted by molar-refractivity contribution is 7.86. The van der Waals surface area contributed by atoms with Gasteiger partial charge in [-0.2, -0.15) is 18.7 Å². The van der Waals surface area contributed by atoms with Crippen molar-refractivity contribution < 1.29 is 22.5 Å². The summed E-state index contributed by atoms with van der Waals surface area (Å²) in [7, 11) is -4.41. The van der Waals surface area contributed by atoms with Gasteiger partial charge in [-0.05, 0) is 19.1 Å². The number of nitrogens with zero attached hydrogens (tertiary/aromatic N) is 2. The number of ether oxygens (including phenoxy) is 1. The molecule has 1 aromatic heterocycles. The molecule has 0 bridgehead atoms. The minimum atomic E-state index is -4.41. The van der Waals surface area contributed by atoms with Crippen LogP contribution in [0.1, 0.15) is 17.4 Å². The van der Waals surface area contributed by atoms with Crippen molar-refractivity contribution in [3.63, 3.8) is 0 Å². The number of hydrogen-bond acceptors (Lipinski definition) is 7. The Labute approximate surface area is 119 Å². The van der Waals surface area contributed by atoms with Gasteiger partial charge in [0, 0.05) is 5.56 Å². The van der Waals surface area contributed by atoms with Gasteiger partial charge in [0.25, 0.3) is 10.1 Å². The van der Waals surface area contributed by atoms with Crippen LogP contribution in [-0.4, -0.2) is 41.0 Å². The first-order valence-electron chi connectivity index (χ1n) is 5.80. The third kappa shape index (κ3) is 3.01. The Bertz CT molecular complexity index is 784. The number of carbonyl (C=O) groups is 1. The zero-order valence-corrected chi connectivity index (χ0v) is 11.7. The van der Waals surface area contributed by atoms with E-state index in [1.54, 1.807) is 6.92 Å². The molecule has 0 atom stereocenters. The minimum Gasteiger partial charge on any atom is -0.461 e. The molecule has 112 valence electrons. The van der Waals surface area contributed by atoms with Gasteiger partial charge in [0.15, 0.2) is 5.69 Å². The van der Waals surface area contributed by atoms with Gasteiger partial charge in [-0.25, -0.2) is 4.79 Å². The molecule has 0 fully saturated rings. The lowest BCUT2D eigenvalue weighted by Crippen LogP contribution is -2.07. The van der Waals surface area contributed by atoms with Gasteiger partial charge in [-0.1, -0.05) is 6.07 Å². The van der Waals surface area contributed by atoms with Crippen LogP contribution >= 0.6 is 0 Å². The Morgan fingerprint density at radius 3 is 2.71 bits per heavy atom. The fourth-order valence-electron chi connectivity index (χ4n) is 1.70.